The number of hydrogen-bond donors (Lipinski definition) is 0. The highest BCUT2D eigenvalue weighted by atomic mass is 19.4. The van der Waals surface area contributed by atoms with Crippen molar-refractivity contribution in [2.24, 2.45) is 5.92 Å². The monoisotopic (exact) mass is 610 g/mol. The molecule has 44 heavy (non-hydrogen) atoms. The molecule has 6 rings (SSSR count). The Morgan fingerprint density at radius 1 is 1.11 bits per heavy atom. The average molecular weight is 611 g/mol. The molecule has 3 aliphatic heterocycles. The highest BCUT2D eigenvalue weighted by Crippen LogP contribution is 2.40. The number of rotatable bonds is 8. The zero-order valence-corrected chi connectivity index (χ0v) is 24.9. The summed E-state index contributed by atoms with van der Waals surface area (Å²) in [5.74, 6) is 0.125. The summed E-state index contributed by atoms with van der Waals surface area (Å²) in [7, 11) is 1.99. The van der Waals surface area contributed by atoms with Crippen molar-refractivity contribution in [2.75, 3.05) is 39.9 Å². The molecule has 12 heteroatoms. The van der Waals surface area contributed by atoms with E-state index >= 15 is 0 Å². The number of piperidine rings is 1. The molecule has 1 amide bonds. The van der Waals surface area contributed by atoms with Crippen LogP contribution in [-0.4, -0.2) is 82.3 Å². The standard InChI is InChI=1S/C32H37F3N6O3/c1-39-12-2-5-26(39)31(42)40-13-8-21(9-14-40)11-17-44-27-7-6-22(18-25(27)32(33,34)35)29-24-10-15-41(20-23-4-3-16-43-23)30(24)38-28(19-36)37-29/h6-7,10,15,18,21,23,26H,2-5,8-9,11-14,16-17,20H2,1H3/t23?,26-/m0/s1. The quantitative estimate of drug-likeness (QED) is 0.343. The number of carbonyl (C=O) groups excluding carboxylic acids is 1. The van der Waals surface area contributed by atoms with Gasteiger partial charge in [0.1, 0.15) is 17.5 Å². The van der Waals surface area contributed by atoms with E-state index in [1.54, 1.807) is 18.3 Å². The number of fused-ring (bicyclic) bond motifs is 1. The van der Waals surface area contributed by atoms with Gasteiger partial charge in [0.2, 0.25) is 11.7 Å². The average Bonchev–Trinajstić information content (AvgIpc) is 3.79. The van der Waals surface area contributed by atoms with Crippen molar-refractivity contribution >= 4 is 16.9 Å². The van der Waals surface area contributed by atoms with Gasteiger partial charge < -0.3 is 18.9 Å². The smallest absolute Gasteiger partial charge is 0.419 e. The summed E-state index contributed by atoms with van der Waals surface area (Å²) in [6, 6.07) is 7.60. The maximum atomic E-state index is 14.3. The van der Waals surface area contributed by atoms with E-state index in [1.807, 2.05) is 22.6 Å². The Kier molecular flexibility index (Phi) is 8.78. The van der Waals surface area contributed by atoms with E-state index in [4.69, 9.17) is 9.47 Å². The summed E-state index contributed by atoms with van der Waals surface area (Å²) in [5, 5.41) is 10.1. The van der Waals surface area contributed by atoms with Crippen LogP contribution in [0, 0.1) is 17.2 Å². The van der Waals surface area contributed by atoms with Crippen molar-refractivity contribution in [1.29, 1.82) is 5.26 Å². The number of hydrogen-bond acceptors (Lipinski definition) is 7. The summed E-state index contributed by atoms with van der Waals surface area (Å²) in [5.41, 5.74) is 0.0901. The molecular formula is C32H37F3N6O3. The van der Waals surface area contributed by atoms with Crippen LogP contribution in [0.15, 0.2) is 30.5 Å². The van der Waals surface area contributed by atoms with Crippen LogP contribution in [0.3, 0.4) is 0 Å². The van der Waals surface area contributed by atoms with E-state index in [0.29, 0.717) is 43.7 Å². The van der Waals surface area contributed by atoms with Gasteiger partial charge in [-0.1, -0.05) is 0 Å². The molecule has 0 radical (unpaired) electrons. The van der Waals surface area contributed by atoms with Gasteiger partial charge >= 0.3 is 6.18 Å². The summed E-state index contributed by atoms with van der Waals surface area (Å²) in [6.07, 6.45) is 3.24. The zero-order valence-electron chi connectivity index (χ0n) is 24.9. The van der Waals surface area contributed by atoms with Gasteiger partial charge in [-0.05, 0) is 88.7 Å². The van der Waals surface area contributed by atoms with Crippen molar-refractivity contribution in [3.05, 3.63) is 41.9 Å². The van der Waals surface area contributed by atoms with Gasteiger partial charge in [-0.2, -0.15) is 18.4 Å². The predicted octanol–water partition coefficient (Wildman–Crippen LogP) is 5.27. The molecule has 3 aliphatic rings. The molecule has 0 N–H and O–H groups in total. The number of amides is 1. The van der Waals surface area contributed by atoms with Crippen molar-refractivity contribution in [2.45, 2.75) is 69.8 Å². The molecule has 234 valence electrons. The van der Waals surface area contributed by atoms with Gasteiger partial charge in [-0.3, -0.25) is 9.69 Å². The van der Waals surface area contributed by atoms with Crippen LogP contribution in [-0.2, 0) is 22.3 Å². The molecule has 0 aliphatic carbocycles. The lowest BCUT2D eigenvalue weighted by Crippen LogP contribution is -2.47. The van der Waals surface area contributed by atoms with Gasteiger partial charge in [0.15, 0.2) is 0 Å². The van der Waals surface area contributed by atoms with Crippen molar-refractivity contribution < 1.29 is 27.4 Å². The van der Waals surface area contributed by atoms with Crippen LogP contribution < -0.4 is 4.74 Å². The Labute approximate surface area is 254 Å². The first-order valence-corrected chi connectivity index (χ1v) is 15.4. The van der Waals surface area contributed by atoms with Crippen LogP contribution >= 0.6 is 0 Å². The van der Waals surface area contributed by atoms with E-state index in [9.17, 15) is 23.2 Å². The fourth-order valence-corrected chi connectivity index (χ4v) is 6.73. The van der Waals surface area contributed by atoms with E-state index in [-0.39, 0.29) is 53.4 Å². The number of halogens is 3. The minimum atomic E-state index is -4.65. The van der Waals surface area contributed by atoms with Gasteiger partial charge in [0, 0.05) is 36.8 Å². The van der Waals surface area contributed by atoms with E-state index in [1.165, 1.54) is 6.07 Å². The Morgan fingerprint density at radius 2 is 1.93 bits per heavy atom. The van der Waals surface area contributed by atoms with Gasteiger partial charge in [-0.25, -0.2) is 9.97 Å². The number of ether oxygens (including phenoxy) is 2. The number of carbonyl (C=O) groups is 1. The number of benzene rings is 1. The number of likely N-dealkylation sites (N-methyl/N-ethyl adjacent to an activating group) is 1. The van der Waals surface area contributed by atoms with E-state index < -0.39 is 11.7 Å². The second kappa shape index (κ2) is 12.7. The number of aromatic nitrogens is 3. The lowest BCUT2D eigenvalue weighted by atomic mass is 9.93. The van der Waals surface area contributed by atoms with Crippen LogP contribution in [0.1, 0.15) is 56.3 Å². The molecule has 3 aromatic rings. The first-order chi connectivity index (χ1) is 21.2. The van der Waals surface area contributed by atoms with Crippen LogP contribution in [0.4, 0.5) is 13.2 Å². The third-order valence-corrected chi connectivity index (χ3v) is 9.22. The topological polar surface area (TPSA) is 96.5 Å². The molecule has 3 saturated heterocycles. The molecule has 3 fully saturated rings. The lowest BCUT2D eigenvalue weighted by molar-refractivity contribution is -0.139. The number of likely N-dealkylation sites (tertiary alicyclic amines) is 2. The van der Waals surface area contributed by atoms with E-state index in [2.05, 4.69) is 14.9 Å². The first kappa shape index (κ1) is 30.3. The van der Waals surface area contributed by atoms with Gasteiger partial charge in [0.25, 0.3) is 0 Å². The van der Waals surface area contributed by atoms with Crippen molar-refractivity contribution in [3.8, 4) is 23.1 Å². The molecule has 9 nitrogen and oxygen atoms in total. The molecule has 0 bridgehead atoms. The van der Waals surface area contributed by atoms with Crippen molar-refractivity contribution in [1.82, 2.24) is 24.3 Å². The Morgan fingerprint density at radius 3 is 2.61 bits per heavy atom. The van der Waals surface area contributed by atoms with E-state index in [0.717, 1.165) is 51.1 Å². The summed E-state index contributed by atoms with van der Waals surface area (Å²) < 4.78 is 56.1. The van der Waals surface area contributed by atoms with Crippen LogP contribution in [0.5, 0.6) is 5.75 Å². The SMILES string of the molecule is CN1CCC[C@H]1C(=O)N1CCC(CCOc2ccc(-c3nc(C#N)nc4c3ccn4CC3CCCO3)cc2C(F)(F)F)CC1. The van der Waals surface area contributed by atoms with Crippen LogP contribution in [0.2, 0.25) is 0 Å². The second-order valence-electron chi connectivity index (χ2n) is 12.1. The molecule has 2 atom stereocenters. The molecule has 2 aromatic heterocycles. The summed E-state index contributed by atoms with van der Waals surface area (Å²) >= 11 is 0. The Balaban J connectivity index is 1.14. The minimum Gasteiger partial charge on any atom is -0.493 e. The van der Waals surface area contributed by atoms with Gasteiger partial charge in [-0.15, -0.1) is 0 Å². The van der Waals surface area contributed by atoms with Gasteiger partial charge in [0.05, 0.1) is 36.6 Å². The number of nitrogens with zero attached hydrogens (tertiary/aromatic N) is 6. The molecule has 1 aromatic carbocycles. The maximum Gasteiger partial charge on any atom is 0.419 e. The summed E-state index contributed by atoms with van der Waals surface area (Å²) in [6.45, 7) is 3.67. The molecule has 0 spiro atoms. The molecule has 5 heterocycles. The lowest BCUT2D eigenvalue weighted by Gasteiger charge is -2.34. The highest BCUT2D eigenvalue weighted by Gasteiger charge is 2.36. The van der Waals surface area contributed by atoms with Crippen molar-refractivity contribution in [3.63, 3.8) is 0 Å². The zero-order chi connectivity index (χ0) is 30.8. The fourth-order valence-electron chi connectivity index (χ4n) is 6.73. The number of alkyl halides is 3. The number of nitriles is 1. The minimum absolute atomic E-state index is 0.0248. The Hall–Kier alpha value is -3.69. The predicted molar refractivity (Wildman–Crippen MR) is 157 cm³/mol. The third-order valence-electron chi connectivity index (χ3n) is 9.22. The third kappa shape index (κ3) is 6.40. The summed E-state index contributed by atoms with van der Waals surface area (Å²) in [4.78, 5) is 25.6. The first-order valence-electron chi connectivity index (χ1n) is 15.4. The molecule has 0 saturated carbocycles. The Bertz CT molecular complexity index is 1540. The van der Waals surface area contributed by atoms with Crippen LogP contribution in [0.25, 0.3) is 22.3 Å². The normalized spacial score (nSPS) is 21.7. The second-order valence-corrected chi connectivity index (χ2v) is 12.1. The largest absolute Gasteiger partial charge is 0.493 e. The maximum absolute atomic E-state index is 14.3. The highest BCUT2D eigenvalue weighted by molar-refractivity contribution is 5.91. The fraction of sp³-hybridized carbons (Fsp3) is 0.562. The molecule has 1 unspecified atom stereocenters. The molecular weight excluding hydrogens is 573 g/mol.